The summed E-state index contributed by atoms with van der Waals surface area (Å²) in [7, 11) is -3.12. The Morgan fingerprint density at radius 2 is 2.27 bits per heavy atom. The van der Waals surface area contributed by atoms with Gasteiger partial charge in [-0.25, -0.2) is 13.4 Å². The van der Waals surface area contributed by atoms with Gasteiger partial charge in [0.15, 0.2) is 15.7 Å². The standard InChI is InChI=1S/C9H14ClNO3S/c1-7(15(2,12)13)8-6-11-9(14-8)4-3-5-10/h6-7H,3-5H2,1-2H3. The number of aryl methyl sites for hydroxylation is 1. The molecular formula is C9H14ClNO3S. The molecule has 0 spiro atoms. The normalized spacial score (nSPS) is 14.1. The average molecular weight is 252 g/mol. The smallest absolute Gasteiger partial charge is 0.194 e. The van der Waals surface area contributed by atoms with Crippen LogP contribution in [0.3, 0.4) is 0 Å². The molecule has 0 bridgehead atoms. The van der Waals surface area contributed by atoms with Gasteiger partial charge in [0, 0.05) is 18.6 Å². The molecule has 0 amide bonds. The molecule has 0 fully saturated rings. The first-order valence-corrected chi connectivity index (χ1v) is 7.13. The van der Waals surface area contributed by atoms with Gasteiger partial charge < -0.3 is 4.42 Å². The van der Waals surface area contributed by atoms with Crippen LogP contribution in [0.1, 0.15) is 30.2 Å². The van der Waals surface area contributed by atoms with Crippen LogP contribution >= 0.6 is 11.6 Å². The van der Waals surface area contributed by atoms with E-state index in [1.807, 2.05) is 0 Å². The van der Waals surface area contributed by atoms with Crippen molar-refractivity contribution in [2.75, 3.05) is 12.1 Å². The van der Waals surface area contributed by atoms with Crippen LogP contribution in [0.2, 0.25) is 0 Å². The summed E-state index contributed by atoms with van der Waals surface area (Å²) in [5.41, 5.74) is 0. The van der Waals surface area contributed by atoms with Crippen molar-refractivity contribution in [1.82, 2.24) is 4.98 Å². The molecule has 0 saturated heterocycles. The summed E-state index contributed by atoms with van der Waals surface area (Å²) in [4.78, 5) is 4.00. The van der Waals surface area contributed by atoms with Crippen LogP contribution in [0, 0.1) is 0 Å². The number of hydrogen-bond acceptors (Lipinski definition) is 4. The van der Waals surface area contributed by atoms with E-state index in [-0.39, 0.29) is 0 Å². The molecule has 1 rings (SSSR count). The number of rotatable bonds is 5. The van der Waals surface area contributed by atoms with Crippen molar-refractivity contribution in [1.29, 1.82) is 0 Å². The molecule has 1 aromatic rings. The second-order valence-corrected chi connectivity index (χ2v) is 6.16. The van der Waals surface area contributed by atoms with Crippen molar-refractivity contribution >= 4 is 21.4 Å². The van der Waals surface area contributed by atoms with E-state index in [1.54, 1.807) is 6.92 Å². The molecule has 1 heterocycles. The SMILES string of the molecule is CC(c1cnc(CCCCl)o1)S(C)(=O)=O. The first-order valence-electron chi connectivity index (χ1n) is 4.64. The summed E-state index contributed by atoms with van der Waals surface area (Å²) in [6.45, 7) is 1.58. The topological polar surface area (TPSA) is 60.2 Å². The van der Waals surface area contributed by atoms with Crippen LogP contribution in [-0.4, -0.2) is 25.5 Å². The van der Waals surface area contributed by atoms with Crippen LogP contribution in [0.15, 0.2) is 10.6 Å². The monoisotopic (exact) mass is 251 g/mol. The highest BCUT2D eigenvalue weighted by Crippen LogP contribution is 2.21. The quantitative estimate of drug-likeness (QED) is 0.751. The lowest BCUT2D eigenvalue weighted by Gasteiger charge is -2.03. The zero-order valence-corrected chi connectivity index (χ0v) is 10.3. The Kier molecular flexibility index (Phi) is 4.16. The fraction of sp³-hybridized carbons (Fsp3) is 0.667. The summed E-state index contributed by atoms with van der Waals surface area (Å²) in [6.07, 6.45) is 4.06. The molecule has 0 aliphatic heterocycles. The van der Waals surface area contributed by atoms with Gasteiger partial charge in [-0.15, -0.1) is 11.6 Å². The van der Waals surface area contributed by atoms with Gasteiger partial charge in [-0.05, 0) is 13.3 Å². The number of sulfone groups is 1. The van der Waals surface area contributed by atoms with Crippen molar-refractivity contribution < 1.29 is 12.8 Å². The third-order valence-electron chi connectivity index (χ3n) is 2.14. The lowest BCUT2D eigenvalue weighted by molar-refractivity contribution is 0.449. The maximum Gasteiger partial charge on any atom is 0.194 e. The molecule has 1 atom stereocenters. The molecule has 15 heavy (non-hydrogen) atoms. The van der Waals surface area contributed by atoms with Gasteiger partial charge in [-0.2, -0.15) is 0 Å². The molecule has 0 aliphatic rings. The third-order valence-corrected chi connectivity index (χ3v) is 3.92. The van der Waals surface area contributed by atoms with Crippen molar-refractivity contribution in [2.45, 2.75) is 25.0 Å². The van der Waals surface area contributed by atoms with Crippen LogP contribution in [0.4, 0.5) is 0 Å². The van der Waals surface area contributed by atoms with E-state index in [0.29, 0.717) is 24.0 Å². The number of halogens is 1. The van der Waals surface area contributed by atoms with E-state index < -0.39 is 15.1 Å². The number of nitrogens with zero attached hydrogens (tertiary/aromatic N) is 1. The summed E-state index contributed by atoms with van der Waals surface area (Å²) in [6, 6.07) is 0. The molecule has 0 radical (unpaired) electrons. The van der Waals surface area contributed by atoms with Crippen molar-refractivity contribution in [2.24, 2.45) is 0 Å². The minimum Gasteiger partial charge on any atom is -0.444 e. The number of oxazole rings is 1. The van der Waals surface area contributed by atoms with Crippen LogP contribution in [0.25, 0.3) is 0 Å². The Hall–Kier alpha value is -0.550. The molecule has 4 nitrogen and oxygen atoms in total. The van der Waals surface area contributed by atoms with E-state index in [0.717, 1.165) is 6.42 Å². The van der Waals surface area contributed by atoms with Crippen LogP contribution in [0.5, 0.6) is 0 Å². The van der Waals surface area contributed by atoms with E-state index in [1.165, 1.54) is 12.5 Å². The fourth-order valence-corrected chi connectivity index (χ4v) is 1.72. The summed E-state index contributed by atoms with van der Waals surface area (Å²) < 4.78 is 27.8. The molecule has 0 N–H and O–H groups in total. The second kappa shape index (κ2) is 4.99. The molecule has 0 aromatic carbocycles. The predicted molar refractivity (Wildman–Crippen MR) is 58.8 cm³/mol. The molecule has 1 unspecified atom stereocenters. The van der Waals surface area contributed by atoms with Crippen LogP contribution < -0.4 is 0 Å². The third kappa shape index (κ3) is 3.50. The van der Waals surface area contributed by atoms with Gasteiger partial charge in [0.2, 0.25) is 0 Å². The molecule has 6 heteroatoms. The van der Waals surface area contributed by atoms with Gasteiger partial charge in [0.05, 0.1) is 6.20 Å². The van der Waals surface area contributed by atoms with Crippen molar-refractivity contribution in [3.8, 4) is 0 Å². The zero-order valence-electron chi connectivity index (χ0n) is 8.73. The highest BCUT2D eigenvalue weighted by atomic mass is 35.5. The van der Waals surface area contributed by atoms with Crippen molar-refractivity contribution in [3.05, 3.63) is 17.8 Å². The second-order valence-electron chi connectivity index (χ2n) is 3.42. The number of alkyl halides is 1. The average Bonchev–Trinajstić information content (AvgIpc) is 2.60. The van der Waals surface area contributed by atoms with E-state index in [9.17, 15) is 8.42 Å². The van der Waals surface area contributed by atoms with Gasteiger partial charge in [-0.3, -0.25) is 0 Å². The summed E-state index contributed by atoms with van der Waals surface area (Å²) in [5, 5.41) is -0.644. The van der Waals surface area contributed by atoms with Gasteiger partial charge >= 0.3 is 0 Å². The maximum absolute atomic E-state index is 11.2. The van der Waals surface area contributed by atoms with Gasteiger partial charge in [-0.1, -0.05) is 0 Å². The number of hydrogen-bond donors (Lipinski definition) is 0. The van der Waals surface area contributed by atoms with E-state index in [2.05, 4.69) is 4.98 Å². The molecule has 1 aromatic heterocycles. The van der Waals surface area contributed by atoms with Crippen LogP contribution in [-0.2, 0) is 16.3 Å². The Morgan fingerprint density at radius 3 is 2.80 bits per heavy atom. The molecule has 0 aliphatic carbocycles. The zero-order chi connectivity index (χ0) is 11.5. The molecule has 86 valence electrons. The van der Waals surface area contributed by atoms with E-state index in [4.69, 9.17) is 16.0 Å². The largest absolute Gasteiger partial charge is 0.444 e. The molecule has 0 saturated carbocycles. The Bertz CT molecular complexity index is 413. The van der Waals surface area contributed by atoms with Gasteiger partial charge in [0.1, 0.15) is 11.0 Å². The first-order chi connectivity index (χ1) is 6.95. The fourth-order valence-electron chi connectivity index (χ4n) is 1.06. The molecular weight excluding hydrogens is 238 g/mol. The Labute approximate surface area is 94.6 Å². The Balaban J connectivity index is 2.76. The van der Waals surface area contributed by atoms with E-state index >= 15 is 0 Å². The lowest BCUT2D eigenvalue weighted by atomic mass is 10.3. The highest BCUT2D eigenvalue weighted by molar-refractivity contribution is 7.90. The summed E-state index contributed by atoms with van der Waals surface area (Å²) >= 11 is 5.53. The maximum atomic E-state index is 11.2. The minimum absolute atomic E-state index is 0.391. The van der Waals surface area contributed by atoms with Crippen molar-refractivity contribution in [3.63, 3.8) is 0 Å². The lowest BCUT2D eigenvalue weighted by Crippen LogP contribution is -2.06. The highest BCUT2D eigenvalue weighted by Gasteiger charge is 2.21. The first kappa shape index (κ1) is 12.5. The van der Waals surface area contributed by atoms with Gasteiger partial charge in [0.25, 0.3) is 0 Å². The predicted octanol–water partition coefficient (Wildman–Crippen LogP) is 1.95. The number of aromatic nitrogens is 1. The minimum atomic E-state index is -3.12. The Morgan fingerprint density at radius 1 is 1.60 bits per heavy atom. The summed E-state index contributed by atoms with van der Waals surface area (Å²) in [5.74, 6) is 1.47.